The van der Waals surface area contributed by atoms with Gasteiger partial charge in [-0.15, -0.1) is 0 Å². The van der Waals surface area contributed by atoms with E-state index < -0.39 is 0 Å². The number of aromatic hydroxyl groups is 2. The van der Waals surface area contributed by atoms with E-state index in [2.05, 4.69) is 79.7 Å². The zero-order chi connectivity index (χ0) is 24.7. The van der Waals surface area contributed by atoms with Gasteiger partial charge in [-0.1, -0.05) is 92.5 Å². The fraction of sp³-hybridized carbons (Fsp3) is 0.613. The zero-order valence-electron chi connectivity index (χ0n) is 22.5. The van der Waals surface area contributed by atoms with Gasteiger partial charge in [0.2, 0.25) is 0 Å². The summed E-state index contributed by atoms with van der Waals surface area (Å²) in [4.78, 5) is 0. The van der Waals surface area contributed by atoms with Crippen molar-refractivity contribution in [2.24, 2.45) is 0 Å². The van der Waals surface area contributed by atoms with Crippen molar-refractivity contribution in [1.29, 1.82) is 0 Å². The topological polar surface area (TPSA) is 40.5 Å². The van der Waals surface area contributed by atoms with E-state index in [1.165, 1.54) is 11.1 Å². The van der Waals surface area contributed by atoms with Crippen molar-refractivity contribution >= 4 is 0 Å². The van der Waals surface area contributed by atoms with Crippen LogP contribution in [0, 0.1) is 0 Å². The number of phenolic OH excluding ortho intramolecular Hbond substituents is 2. The average Bonchev–Trinajstić information content (AvgIpc) is 2.80. The molecule has 184 valence electrons. The predicted molar refractivity (Wildman–Crippen MR) is 143 cm³/mol. The Morgan fingerprint density at radius 2 is 0.848 bits per heavy atom. The van der Waals surface area contributed by atoms with Gasteiger partial charge in [-0.05, 0) is 89.2 Å². The molecule has 2 nitrogen and oxygen atoms in total. The standard InChI is InChI=1S/C31H48O2/c1-9-13-22(7)28-18-24(16-26(30(28)32)20(5)11-3)15-25-17-27(21(6)12-4)31(33)29(19-25)23(8)14-10-2/h16-23,32-33H,9-15H2,1-8H3. The van der Waals surface area contributed by atoms with Crippen molar-refractivity contribution in [3.05, 3.63) is 57.6 Å². The van der Waals surface area contributed by atoms with Crippen molar-refractivity contribution in [3.63, 3.8) is 0 Å². The molecular weight excluding hydrogens is 404 g/mol. The molecule has 2 rings (SSSR count). The molecule has 0 radical (unpaired) electrons. The van der Waals surface area contributed by atoms with E-state index >= 15 is 0 Å². The van der Waals surface area contributed by atoms with Gasteiger partial charge in [0, 0.05) is 0 Å². The molecule has 0 heterocycles. The molecule has 4 atom stereocenters. The lowest BCUT2D eigenvalue weighted by molar-refractivity contribution is 0.447. The molecule has 0 aliphatic heterocycles. The Balaban J connectivity index is 2.60. The first-order chi connectivity index (χ1) is 15.7. The molecule has 0 amide bonds. The predicted octanol–water partition coefficient (Wildman–Crippen LogP) is 9.52. The van der Waals surface area contributed by atoms with Crippen molar-refractivity contribution in [3.8, 4) is 11.5 Å². The molecule has 0 aromatic heterocycles. The van der Waals surface area contributed by atoms with Gasteiger partial charge in [0.05, 0.1) is 0 Å². The maximum absolute atomic E-state index is 11.1. The molecule has 4 unspecified atom stereocenters. The summed E-state index contributed by atoms with van der Waals surface area (Å²) in [6.45, 7) is 17.7. The number of phenols is 2. The third-order valence-electron chi connectivity index (χ3n) is 7.66. The highest BCUT2D eigenvalue weighted by molar-refractivity contribution is 5.51. The second-order valence-electron chi connectivity index (χ2n) is 10.4. The maximum Gasteiger partial charge on any atom is 0.122 e. The molecule has 0 saturated carbocycles. The van der Waals surface area contributed by atoms with Crippen LogP contribution in [0.3, 0.4) is 0 Å². The fourth-order valence-electron chi connectivity index (χ4n) is 5.05. The third kappa shape index (κ3) is 6.55. The molecule has 2 N–H and O–H groups in total. The molecule has 0 saturated heterocycles. The molecule has 2 aromatic carbocycles. The van der Waals surface area contributed by atoms with Gasteiger partial charge < -0.3 is 10.2 Å². The van der Waals surface area contributed by atoms with Gasteiger partial charge in [0.15, 0.2) is 0 Å². The Kier molecular flexibility index (Phi) is 10.3. The Hall–Kier alpha value is -1.96. The lowest BCUT2D eigenvalue weighted by atomic mass is 9.84. The lowest BCUT2D eigenvalue weighted by Crippen LogP contribution is -2.04. The molecule has 0 aliphatic carbocycles. The van der Waals surface area contributed by atoms with Crippen molar-refractivity contribution in [2.75, 3.05) is 0 Å². The monoisotopic (exact) mass is 452 g/mol. The van der Waals surface area contributed by atoms with E-state index in [1.807, 2.05) is 0 Å². The van der Waals surface area contributed by atoms with Crippen LogP contribution in [0.4, 0.5) is 0 Å². The van der Waals surface area contributed by atoms with Gasteiger partial charge in [-0.2, -0.15) is 0 Å². The highest BCUT2D eigenvalue weighted by atomic mass is 16.3. The minimum absolute atomic E-state index is 0.327. The Morgan fingerprint density at radius 1 is 0.545 bits per heavy atom. The Bertz CT molecular complexity index is 825. The summed E-state index contributed by atoms with van der Waals surface area (Å²) in [7, 11) is 0. The SMILES string of the molecule is CCCC(C)c1cc(Cc2cc(C(C)CC)c(O)c(C(C)CCC)c2)cc(C(C)CC)c1O. The quantitative estimate of drug-likeness (QED) is 0.336. The lowest BCUT2D eigenvalue weighted by Gasteiger charge is -2.22. The van der Waals surface area contributed by atoms with Crippen molar-refractivity contribution < 1.29 is 10.2 Å². The Morgan fingerprint density at radius 3 is 1.12 bits per heavy atom. The molecule has 2 heteroatoms. The van der Waals surface area contributed by atoms with Gasteiger partial charge in [0.25, 0.3) is 0 Å². The largest absolute Gasteiger partial charge is 0.507 e. The number of rotatable bonds is 12. The third-order valence-corrected chi connectivity index (χ3v) is 7.66. The first kappa shape index (κ1) is 27.3. The summed E-state index contributed by atoms with van der Waals surface area (Å²) in [5, 5.41) is 22.2. The molecule has 0 spiro atoms. The fourth-order valence-corrected chi connectivity index (χ4v) is 5.05. The van der Waals surface area contributed by atoms with Crippen LogP contribution in [-0.4, -0.2) is 10.2 Å². The summed E-state index contributed by atoms with van der Waals surface area (Å²) in [5.41, 5.74) is 6.85. The van der Waals surface area contributed by atoms with Gasteiger partial charge >= 0.3 is 0 Å². The van der Waals surface area contributed by atoms with Gasteiger partial charge in [0.1, 0.15) is 11.5 Å². The van der Waals surface area contributed by atoms with Crippen molar-refractivity contribution in [1.82, 2.24) is 0 Å². The molecule has 33 heavy (non-hydrogen) atoms. The maximum atomic E-state index is 11.1. The van der Waals surface area contributed by atoms with E-state index in [4.69, 9.17) is 0 Å². The smallest absolute Gasteiger partial charge is 0.122 e. The van der Waals surface area contributed by atoms with Crippen LogP contribution >= 0.6 is 0 Å². The number of hydrogen-bond acceptors (Lipinski definition) is 2. The van der Waals surface area contributed by atoms with E-state index in [9.17, 15) is 10.2 Å². The van der Waals surface area contributed by atoms with Crippen LogP contribution in [0.15, 0.2) is 24.3 Å². The minimum Gasteiger partial charge on any atom is -0.507 e. The van der Waals surface area contributed by atoms with E-state index in [-0.39, 0.29) is 0 Å². The van der Waals surface area contributed by atoms with Crippen LogP contribution in [0.1, 0.15) is 151 Å². The molecule has 2 aromatic rings. The first-order valence-electron chi connectivity index (χ1n) is 13.4. The number of benzene rings is 2. The summed E-state index contributed by atoms with van der Waals surface area (Å²) < 4.78 is 0. The van der Waals surface area contributed by atoms with Crippen LogP contribution in [-0.2, 0) is 6.42 Å². The van der Waals surface area contributed by atoms with Crippen LogP contribution < -0.4 is 0 Å². The minimum atomic E-state index is 0.327. The highest BCUT2D eigenvalue weighted by Gasteiger charge is 2.21. The highest BCUT2D eigenvalue weighted by Crippen LogP contribution is 2.40. The van der Waals surface area contributed by atoms with Crippen LogP contribution in [0.2, 0.25) is 0 Å². The summed E-state index contributed by atoms with van der Waals surface area (Å²) >= 11 is 0. The van der Waals surface area contributed by atoms with E-state index in [1.54, 1.807) is 0 Å². The normalized spacial score (nSPS) is 15.3. The second-order valence-corrected chi connectivity index (χ2v) is 10.4. The van der Waals surface area contributed by atoms with Gasteiger partial charge in [-0.3, -0.25) is 0 Å². The number of hydrogen-bond donors (Lipinski definition) is 2. The molecule has 0 fully saturated rings. The molecule has 0 aliphatic rings. The van der Waals surface area contributed by atoms with Crippen LogP contribution in [0.25, 0.3) is 0 Å². The van der Waals surface area contributed by atoms with E-state index in [0.29, 0.717) is 35.2 Å². The summed E-state index contributed by atoms with van der Waals surface area (Å²) in [5.74, 6) is 2.33. The molecule has 0 bridgehead atoms. The first-order valence-corrected chi connectivity index (χ1v) is 13.4. The molecular formula is C31H48O2. The van der Waals surface area contributed by atoms with Crippen LogP contribution in [0.5, 0.6) is 11.5 Å². The summed E-state index contributed by atoms with van der Waals surface area (Å²) in [6, 6.07) is 8.89. The van der Waals surface area contributed by atoms with Crippen molar-refractivity contribution in [2.45, 2.75) is 124 Å². The zero-order valence-corrected chi connectivity index (χ0v) is 22.5. The van der Waals surface area contributed by atoms with Gasteiger partial charge in [-0.25, -0.2) is 0 Å². The average molecular weight is 453 g/mol. The second kappa shape index (κ2) is 12.5. The summed E-state index contributed by atoms with van der Waals surface area (Å²) in [6.07, 6.45) is 7.21. The Labute approximate surface area is 203 Å². The van der Waals surface area contributed by atoms with E-state index in [0.717, 1.165) is 67.2 Å².